The van der Waals surface area contributed by atoms with E-state index in [0.29, 0.717) is 29.2 Å². The highest BCUT2D eigenvalue weighted by Crippen LogP contribution is 2.28. The molecule has 0 spiro atoms. The molecular formula is C31H31N3O5S. The third-order valence-electron chi connectivity index (χ3n) is 6.05. The maximum Gasteiger partial charge on any atom is 0.242 e. The Morgan fingerprint density at radius 3 is 2.25 bits per heavy atom. The summed E-state index contributed by atoms with van der Waals surface area (Å²) in [5.41, 5.74) is 5.81. The lowest BCUT2D eigenvalue weighted by atomic mass is 10.0. The van der Waals surface area contributed by atoms with E-state index in [4.69, 9.17) is 9.47 Å². The average molecular weight is 558 g/mol. The number of ether oxygens (including phenoxy) is 2. The van der Waals surface area contributed by atoms with Crippen LogP contribution >= 0.6 is 0 Å². The second-order valence-electron chi connectivity index (χ2n) is 9.08. The van der Waals surface area contributed by atoms with Gasteiger partial charge in [0.1, 0.15) is 6.61 Å². The van der Waals surface area contributed by atoms with E-state index in [9.17, 15) is 13.2 Å². The molecule has 0 saturated carbocycles. The largest absolute Gasteiger partial charge is 0.493 e. The highest BCUT2D eigenvalue weighted by molar-refractivity contribution is 7.89. The van der Waals surface area contributed by atoms with Crippen LogP contribution in [0.4, 0.5) is 0 Å². The van der Waals surface area contributed by atoms with Crippen molar-refractivity contribution in [2.75, 3.05) is 7.11 Å². The quantitative estimate of drug-likeness (QED) is 0.185. The summed E-state index contributed by atoms with van der Waals surface area (Å²) in [5.74, 6) is 0.659. The van der Waals surface area contributed by atoms with Gasteiger partial charge in [0, 0.05) is 6.42 Å². The number of amides is 1. The van der Waals surface area contributed by atoms with Crippen molar-refractivity contribution in [1.29, 1.82) is 0 Å². The molecule has 0 heterocycles. The van der Waals surface area contributed by atoms with Gasteiger partial charge in [0.2, 0.25) is 15.9 Å². The molecule has 1 amide bonds. The number of benzene rings is 4. The van der Waals surface area contributed by atoms with Crippen molar-refractivity contribution in [2.24, 2.45) is 5.10 Å². The lowest BCUT2D eigenvalue weighted by Gasteiger charge is -2.18. The summed E-state index contributed by atoms with van der Waals surface area (Å²) in [4.78, 5) is 12.9. The topological polar surface area (TPSA) is 106 Å². The number of methoxy groups -OCH3 is 1. The molecule has 0 fully saturated rings. The van der Waals surface area contributed by atoms with Crippen LogP contribution in [0.1, 0.15) is 34.7 Å². The second-order valence-corrected chi connectivity index (χ2v) is 10.8. The van der Waals surface area contributed by atoms with Gasteiger partial charge in [-0.05, 0) is 53.9 Å². The summed E-state index contributed by atoms with van der Waals surface area (Å²) in [6.45, 7) is 2.28. The fraction of sp³-hybridized carbons (Fsp3) is 0.161. The van der Waals surface area contributed by atoms with E-state index in [-0.39, 0.29) is 11.3 Å². The molecule has 0 aliphatic carbocycles. The van der Waals surface area contributed by atoms with Gasteiger partial charge in [-0.3, -0.25) is 4.79 Å². The Morgan fingerprint density at radius 1 is 0.900 bits per heavy atom. The standard InChI is InChI=1S/C31H31N3O5S/c1-23-13-16-27(17-14-23)40(36,37)34-28(26-11-7-4-8-12-26)20-31(35)33-32-21-25-15-18-29(30(19-25)38-2)39-22-24-9-5-3-6-10-24/h3-19,21,28,34H,20,22H2,1-2H3,(H,33,35)/b32-21-/t28-/m0/s1. The van der Waals surface area contributed by atoms with E-state index < -0.39 is 22.0 Å². The van der Waals surface area contributed by atoms with E-state index in [0.717, 1.165) is 11.1 Å². The Hall–Kier alpha value is -4.47. The molecule has 9 heteroatoms. The third kappa shape index (κ3) is 8.02. The number of hydrazone groups is 1. The lowest BCUT2D eigenvalue weighted by molar-refractivity contribution is -0.121. The van der Waals surface area contributed by atoms with Gasteiger partial charge in [0.05, 0.1) is 24.3 Å². The minimum Gasteiger partial charge on any atom is -0.493 e. The normalized spacial score (nSPS) is 12.2. The van der Waals surface area contributed by atoms with Crippen molar-refractivity contribution in [3.8, 4) is 11.5 Å². The molecule has 4 aromatic carbocycles. The molecule has 40 heavy (non-hydrogen) atoms. The predicted octanol–water partition coefficient (Wildman–Crippen LogP) is 5.14. The Morgan fingerprint density at radius 2 is 1.57 bits per heavy atom. The monoisotopic (exact) mass is 557 g/mol. The van der Waals surface area contributed by atoms with Gasteiger partial charge in [0.25, 0.3) is 0 Å². The molecule has 1 atom stereocenters. The number of hydrogen-bond acceptors (Lipinski definition) is 6. The van der Waals surface area contributed by atoms with Crippen LogP contribution in [0.25, 0.3) is 0 Å². The second kappa shape index (κ2) is 13.5. The molecule has 0 radical (unpaired) electrons. The zero-order valence-electron chi connectivity index (χ0n) is 22.3. The Labute approximate surface area is 234 Å². The summed E-state index contributed by atoms with van der Waals surface area (Å²) in [7, 11) is -2.31. The molecule has 0 bridgehead atoms. The molecule has 206 valence electrons. The summed E-state index contributed by atoms with van der Waals surface area (Å²) in [5, 5.41) is 4.05. The first-order chi connectivity index (χ1) is 19.3. The molecule has 0 unspecified atom stereocenters. The van der Waals surface area contributed by atoms with Gasteiger partial charge in [-0.15, -0.1) is 0 Å². The fourth-order valence-corrected chi connectivity index (χ4v) is 5.14. The number of nitrogens with zero attached hydrogens (tertiary/aromatic N) is 1. The molecule has 0 aromatic heterocycles. The summed E-state index contributed by atoms with van der Waals surface area (Å²) >= 11 is 0. The van der Waals surface area contributed by atoms with Gasteiger partial charge in [-0.1, -0.05) is 78.4 Å². The van der Waals surface area contributed by atoms with Gasteiger partial charge < -0.3 is 9.47 Å². The highest BCUT2D eigenvalue weighted by atomic mass is 32.2. The number of carbonyl (C=O) groups excluding carboxylic acids is 1. The predicted molar refractivity (Wildman–Crippen MR) is 155 cm³/mol. The fourth-order valence-electron chi connectivity index (χ4n) is 3.91. The van der Waals surface area contributed by atoms with Gasteiger partial charge in [-0.25, -0.2) is 18.6 Å². The number of sulfonamides is 1. The summed E-state index contributed by atoms with van der Waals surface area (Å²) in [6.07, 6.45) is 1.33. The van der Waals surface area contributed by atoms with Crippen LogP contribution in [-0.2, 0) is 21.4 Å². The third-order valence-corrected chi connectivity index (χ3v) is 7.54. The van der Waals surface area contributed by atoms with Crippen LogP contribution < -0.4 is 19.6 Å². The van der Waals surface area contributed by atoms with E-state index >= 15 is 0 Å². The molecule has 0 aliphatic heterocycles. The first-order valence-corrected chi connectivity index (χ1v) is 14.1. The van der Waals surface area contributed by atoms with Crippen molar-refractivity contribution in [1.82, 2.24) is 10.1 Å². The van der Waals surface area contributed by atoms with Gasteiger partial charge in [-0.2, -0.15) is 5.10 Å². The van der Waals surface area contributed by atoms with Crippen molar-refractivity contribution in [3.63, 3.8) is 0 Å². The molecule has 8 nitrogen and oxygen atoms in total. The van der Waals surface area contributed by atoms with Gasteiger partial charge in [0.15, 0.2) is 11.5 Å². The average Bonchev–Trinajstić information content (AvgIpc) is 2.97. The maximum absolute atomic E-state index is 13.0. The number of nitrogens with one attached hydrogen (secondary N) is 2. The summed E-state index contributed by atoms with van der Waals surface area (Å²) < 4.78 is 40.0. The van der Waals surface area contributed by atoms with Crippen molar-refractivity contribution in [3.05, 3.63) is 125 Å². The Bertz CT molecular complexity index is 1540. The number of hydrogen-bond donors (Lipinski definition) is 2. The number of carbonyl (C=O) groups is 1. The highest BCUT2D eigenvalue weighted by Gasteiger charge is 2.23. The number of rotatable bonds is 12. The van der Waals surface area contributed by atoms with E-state index in [1.807, 2.05) is 43.3 Å². The smallest absolute Gasteiger partial charge is 0.242 e. The molecule has 0 saturated heterocycles. The molecule has 0 aliphatic rings. The SMILES string of the molecule is COc1cc(/C=N\NC(=O)C[C@H](NS(=O)(=O)c2ccc(C)cc2)c2ccccc2)ccc1OCc1ccccc1. The van der Waals surface area contributed by atoms with Crippen LogP contribution in [0.2, 0.25) is 0 Å². The minimum atomic E-state index is -3.86. The zero-order valence-corrected chi connectivity index (χ0v) is 23.1. The van der Waals surface area contributed by atoms with Crippen LogP contribution in [-0.4, -0.2) is 27.6 Å². The minimum absolute atomic E-state index is 0.127. The van der Waals surface area contributed by atoms with Crippen molar-refractivity contribution < 1.29 is 22.7 Å². The van der Waals surface area contributed by atoms with Crippen LogP contribution in [0.5, 0.6) is 11.5 Å². The van der Waals surface area contributed by atoms with E-state index in [1.165, 1.54) is 18.3 Å². The van der Waals surface area contributed by atoms with Crippen molar-refractivity contribution in [2.45, 2.75) is 30.9 Å². The number of aryl methyl sites for hydroxylation is 1. The molecule has 4 aromatic rings. The Balaban J connectivity index is 1.40. The lowest BCUT2D eigenvalue weighted by Crippen LogP contribution is -2.32. The first-order valence-electron chi connectivity index (χ1n) is 12.6. The van der Waals surface area contributed by atoms with E-state index in [2.05, 4.69) is 15.2 Å². The summed E-state index contributed by atoms with van der Waals surface area (Å²) in [6, 6.07) is 29.8. The first kappa shape index (κ1) is 28.5. The maximum atomic E-state index is 13.0. The van der Waals surface area contributed by atoms with Crippen molar-refractivity contribution >= 4 is 22.1 Å². The zero-order chi connectivity index (χ0) is 28.4. The van der Waals surface area contributed by atoms with E-state index in [1.54, 1.807) is 61.7 Å². The molecular weight excluding hydrogens is 526 g/mol. The Kier molecular flexibility index (Phi) is 9.66. The molecule has 4 rings (SSSR count). The van der Waals surface area contributed by atoms with Crippen LogP contribution in [0.15, 0.2) is 113 Å². The van der Waals surface area contributed by atoms with Crippen LogP contribution in [0, 0.1) is 6.92 Å². The molecule has 2 N–H and O–H groups in total. The van der Waals surface area contributed by atoms with Gasteiger partial charge >= 0.3 is 0 Å². The van der Waals surface area contributed by atoms with Crippen LogP contribution in [0.3, 0.4) is 0 Å².